The van der Waals surface area contributed by atoms with Crippen LogP contribution in [0.15, 0.2) is 57.5 Å². The van der Waals surface area contributed by atoms with Gasteiger partial charge in [-0.3, -0.25) is 9.59 Å². The van der Waals surface area contributed by atoms with Crippen molar-refractivity contribution >= 4 is 55.4 Å². The van der Waals surface area contributed by atoms with Gasteiger partial charge in [-0.25, -0.2) is 9.59 Å². The average molecular weight is 859 g/mol. The predicted octanol–water partition coefficient (Wildman–Crippen LogP) is 9.67. The van der Waals surface area contributed by atoms with Crippen LogP contribution in [0.2, 0.25) is 0 Å². The molecule has 0 N–H and O–H groups in total. The van der Waals surface area contributed by atoms with E-state index < -0.39 is 34.0 Å². The molecule has 9 nitrogen and oxygen atoms in total. The number of carbonyl (C=O) groups excluding carboxylic acids is 4. The molecule has 0 radical (unpaired) electrons. The molecule has 0 spiro atoms. The van der Waals surface area contributed by atoms with Gasteiger partial charge in [0.25, 0.3) is 0 Å². The lowest BCUT2D eigenvalue weighted by Crippen LogP contribution is -2.47. The molecular formula is C42H54Br2N2O7. The number of nitriles is 2. The zero-order chi connectivity index (χ0) is 40.0. The molecule has 0 unspecified atom stereocenters. The maximum Gasteiger partial charge on any atom is 0.331 e. The van der Waals surface area contributed by atoms with Crippen molar-refractivity contribution in [1.82, 2.24) is 0 Å². The number of Topliss-reactive ketones (excluding diaryl/α,β-unsaturated/α-hetero) is 2. The van der Waals surface area contributed by atoms with Crippen molar-refractivity contribution in [2.45, 2.75) is 129 Å². The Balaban J connectivity index is 0.000000325. The van der Waals surface area contributed by atoms with Crippen molar-refractivity contribution < 1.29 is 33.4 Å². The van der Waals surface area contributed by atoms with E-state index in [1.807, 2.05) is 13.8 Å². The zero-order valence-corrected chi connectivity index (χ0v) is 35.5. The highest BCUT2D eigenvalue weighted by atomic mass is 79.9. The van der Waals surface area contributed by atoms with E-state index >= 15 is 0 Å². The fourth-order valence-corrected chi connectivity index (χ4v) is 7.11. The van der Waals surface area contributed by atoms with Crippen LogP contribution < -0.4 is 0 Å². The average Bonchev–Trinajstić information content (AvgIpc) is 3.07. The minimum absolute atomic E-state index is 0.103. The van der Waals surface area contributed by atoms with Crippen molar-refractivity contribution in [1.29, 1.82) is 10.5 Å². The number of hydrogen-bond acceptors (Lipinski definition) is 9. The third-order valence-electron chi connectivity index (χ3n) is 8.99. The molecule has 2 aliphatic carbocycles. The summed E-state index contributed by atoms with van der Waals surface area (Å²) < 4.78 is 17.7. The molecule has 53 heavy (non-hydrogen) atoms. The van der Waals surface area contributed by atoms with E-state index in [0.29, 0.717) is 49.7 Å². The van der Waals surface area contributed by atoms with E-state index in [9.17, 15) is 29.7 Å². The SMILES string of the molecule is CC(C)(C)OC(=O)[C@@](C#N)(c1ccc(Br)cc1)[C@@H]1CCCC(=O)C1.CC(C)(C)OC(=O)[C@](C#N)(c1ccc(Br)cc1)[C@H]1CCCC(=O)C1.CCOCC. The maximum atomic E-state index is 13.0. The summed E-state index contributed by atoms with van der Waals surface area (Å²) in [5.41, 5.74) is -3.14. The summed E-state index contributed by atoms with van der Waals surface area (Å²) in [6.45, 7) is 16.3. The number of carbonyl (C=O) groups is 4. The van der Waals surface area contributed by atoms with E-state index in [-0.39, 0.29) is 36.2 Å². The molecular weight excluding hydrogens is 804 g/mol. The third-order valence-corrected chi connectivity index (χ3v) is 10.0. The van der Waals surface area contributed by atoms with Crippen molar-refractivity contribution in [2.24, 2.45) is 11.8 Å². The van der Waals surface area contributed by atoms with Crippen LogP contribution in [0.25, 0.3) is 0 Å². The van der Waals surface area contributed by atoms with Gasteiger partial charge in [0.2, 0.25) is 0 Å². The summed E-state index contributed by atoms with van der Waals surface area (Å²) in [6.07, 6.45) is 4.24. The van der Waals surface area contributed by atoms with Gasteiger partial charge in [-0.15, -0.1) is 0 Å². The van der Waals surface area contributed by atoms with E-state index in [1.165, 1.54) is 0 Å². The van der Waals surface area contributed by atoms with Crippen LogP contribution in [-0.4, -0.2) is 47.9 Å². The van der Waals surface area contributed by atoms with Crippen molar-refractivity contribution in [3.63, 3.8) is 0 Å². The van der Waals surface area contributed by atoms with Gasteiger partial charge in [-0.2, -0.15) is 10.5 Å². The van der Waals surface area contributed by atoms with Gasteiger partial charge in [0.05, 0.1) is 12.1 Å². The molecule has 0 aliphatic heterocycles. The fraction of sp³-hybridized carbons (Fsp3) is 0.571. The molecule has 288 valence electrons. The minimum atomic E-state index is -1.45. The van der Waals surface area contributed by atoms with Crippen molar-refractivity contribution in [2.75, 3.05) is 13.2 Å². The summed E-state index contributed by atoms with van der Waals surface area (Å²) in [5, 5.41) is 20.1. The topological polar surface area (TPSA) is 144 Å². The molecule has 11 heteroatoms. The molecule has 2 aromatic carbocycles. The van der Waals surface area contributed by atoms with E-state index in [1.54, 1.807) is 90.1 Å². The molecule has 2 fully saturated rings. The van der Waals surface area contributed by atoms with Crippen LogP contribution in [0.3, 0.4) is 0 Å². The minimum Gasteiger partial charge on any atom is -0.459 e. The summed E-state index contributed by atoms with van der Waals surface area (Å²) in [7, 11) is 0. The molecule has 2 aliphatic rings. The van der Waals surface area contributed by atoms with Gasteiger partial charge in [0.15, 0.2) is 10.8 Å². The summed E-state index contributed by atoms with van der Waals surface area (Å²) in [4.78, 5) is 50.0. The third kappa shape index (κ3) is 12.9. The van der Waals surface area contributed by atoms with Gasteiger partial charge in [-0.05, 0) is 128 Å². The molecule has 2 saturated carbocycles. The molecule has 4 rings (SSSR count). The zero-order valence-electron chi connectivity index (χ0n) is 32.4. The highest BCUT2D eigenvalue weighted by Crippen LogP contribution is 2.43. The number of halogens is 2. The lowest BCUT2D eigenvalue weighted by atomic mass is 9.65. The van der Waals surface area contributed by atoms with Crippen LogP contribution in [-0.2, 0) is 44.2 Å². The quantitative estimate of drug-likeness (QED) is 0.237. The van der Waals surface area contributed by atoms with Crippen LogP contribution in [0, 0.1) is 34.5 Å². The Bertz CT molecular complexity index is 1510. The smallest absolute Gasteiger partial charge is 0.331 e. The van der Waals surface area contributed by atoms with Gasteiger partial charge >= 0.3 is 11.9 Å². The Morgan fingerprint density at radius 3 is 1.21 bits per heavy atom. The molecule has 4 atom stereocenters. The second kappa shape index (κ2) is 20.3. The number of esters is 2. The molecule has 0 bridgehead atoms. The first-order valence-electron chi connectivity index (χ1n) is 18.2. The summed E-state index contributed by atoms with van der Waals surface area (Å²) in [5.74, 6) is -1.66. The Morgan fingerprint density at radius 2 is 0.981 bits per heavy atom. The maximum absolute atomic E-state index is 13.0. The van der Waals surface area contributed by atoms with Gasteiger partial charge in [0, 0.05) is 47.8 Å². The second-order valence-electron chi connectivity index (χ2n) is 15.3. The van der Waals surface area contributed by atoms with Gasteiger partial charge < -0.3 is 14.2 Å². The highest BCUT2D eigenvalue weighted by molar-refractivity contribution is 9.10. The molecule has 0 saturated heterocycles. The van der Waals surface area contributed by atoms with E-state index in [0.717, 1.165) is 22.2 Å². The number of nitrogens with zero attached hydrogens (tertiary/aromatic N) is 2. The Morgan fingerprint density at radius 1 is 0.660 bits per heavy atom. The van der Waals surface area contributed by atoms with Crippen LogP contribution in [0.5, 0.6) is 0 Å². The number of ketones is 2. The van der Waals surface area contributed by atoms with Crippen molar-refractivity contribution in [3.05, 3.63) is 68.6 Å². The Labute approximate surface area is 332 Å². The van der Waals surface area contributed by atoms with Gasteiger partial charge in [0.1, 0.15) is 22.8 Å². The number of hydrogen-bond donors (Lipinski definition) is 0. The standard InChI is InChI=1S/2C19H22BrNO3.C4H10O/c2*1-18(2,3)24-17(23)19(12-21,13-7-9-15(20)10-8-13)14-5-4-6-16(22)11-14;1-3-5-4-2/h2*7-10,14H,4-6,11H2,1-3H3;3-4H2,1-2H3/t2*14-,19+;/m10./s1. The molecule has 0 heterocycles. The van der Waals surface area contributed by atoms with E-state index in [4.69, 9.17) is 14.2 Å². The highest BCUT2D eigenvalue weighted by Gasteiger charge is 2.52. The van der Waals surface area contributed by atoms with Gasteiger partial charge in [-0.1, -0.05) is 56.1 Å². The van der Waals surface area contributed by atoms with Crippen LogP contribution in [0.1, 0.15) is 118 Å². The molecule has 0 aromatic heterocycles. The Kier molecular flexibility index (Phi) is 17.6. The second-order valence-corrected chi connectivity index (χ2v) is 17.1. The van der Waals surface area contributed by atoms with Crippen LogP contribution >= 0.6 is 31.9 Å². The predicted molar refractivity (Wildman–Crippen MR) is 211 cm³/mol. The first kappa shape index (κ1) is 45.8. The number of rotatable bonds is 8. The normalized spacial score (nSPS) is 19.6. The number of benzene rings is 2. The number of ether oxygens (including phenoxy) is 3. The summed E-state index contributed by atoms with van der Waals surface area (Å²) in [6, 6.07) is 18.7. The first-order valence-corrected chi connectivity index (χ1v) is 19.8. The van der Waals surface area contributed by atoms with E-state index in [2.05, 4.69) is 44.0 Å². The lowest BCUT2D eigenvalue weighted by molar-refractivity contribution is -0.163. The molecule has 0 amide bonds. The van der Waals surface area contributed by atoms with Crippen LogP contribution in [0.4, 0.5) is 0 Å². The molecule has 2 aromatic rings. The largest absolute Gasteiger partial charge is 0.459 e. The lowest BCUT2D eigenvalue weighted by Gasteiger charge is -2.37. The van der Waals surface area contributed by atoms with Crippen molar-refractivity contribution in [3.8, 4) is 12.1 Å². The summed E-state index contributed by atoms with van der Waals surface area (Å²) >= 11 is 6.74. The Hall–Kier alpha value is -3.38. The monoisotopic (exact) mass is 856 g/mol. The fourth-order valence-electron chi connectivity index (χ4n) is 6.58. The first-order chi connectivity index (χ1) is 24.8.